The van der Waals surface area contributed by atoms with Gasteiger partial charge in [-0.2, -0.15) is 13.2 Å². The Morgan fingerprint density at radius 3 is 2.25 bits per heavy atom. The van der Waals surface area contributed by atoms with Crippen molar-refractivity contribution in [2.24, 2.45) is 5.41 Å². The van der Waals surface area contributed by atoms with Crippen LogP contribution in [0.3, 0.4) is 0 Å². The number of carbonyl (C=O) groups is 1. The molecular formula is C28H35F3N2O3. The number of hydrogen-bond donors (Lipinski definition) is 1. The number of rotatable bonds is 5. The van der Waals surface area contributed by atoms with Crippen molar-refractivity contribution in [3.63, 3.8) is 0 Å². The van der Waals surface area contributed by atoms with E-state index in [1.54, 1.807) is 27.0 Å². The zero-order chi connectivity index (χ0) is 26.1. The van der Waals surface area contributed by atoms with Crippen LogP contribution < -0.4 is 10.1 Å². The number of methoxy groups -OCH3 is 2. The van der Waals surface area contributed by atoms with E-state index in [2.05, 4.69) is 11.4 Å². The Hall–Kier alpha value is -2.58. The predicted molar refractivity (Wildman–Crippen MR) is 132 cm³/mol. The Balaban J connectivity index is 1.64. The summed E-state index contributed by atoms with van der Waals surface area (Å²) in [5.74, 6) is -0.0802. The molecule has 2 heterocycles. The van der Waals surface area contributed by atoms with Crippen molar-refractivity contribution < 1.29 is 27.4 Å². The second-order valence-electron chi connectivity index (χ2n) is 10.2. The first kappa shape index (κ1) is 26.5. The Morgan fingerprint density at radius 1 is 1.03 bits per heavy atom. The number of aryl methyl sites for hydroxylation is 2. The largest absolute Gasteiger partial charge is 0.496 e. The molecule has 1 spiro atoms. The monoisotopic (exact) mass is 504 g/mol. The van der Waals surface area contributed by atoms with Gasteiger partial charge < -0.3 is 19.7 Å². The highest BCUT2D eigenvalue weighted by Gasteiger charge is 2.64. The number of hydrogen-bond acceptors (Lipinski definition) is 4. The number of piperidine rings is 2. The van der Waals surface area contributed by atoms with Gasteiger partial charge in [-0.05, 0) is 56.7 Å². The highest BCUT2D eigenvalue weighted by molar-refractivity contribution is 5.88. The van der Waals surface area contributed by atoms with Gasteiger partial charge in [0.05, 0.1) is 7.11 Å². The number of amides is 1. The third-order valence-electron chi connectivity index (χ3n) is 8.08. The van der Waals surface area contributed by atoms with Crippen LogP contribution in [0, 0.1) is 19.3 Å². The van der Waals surface area contributed by atoms with Crippen LogP contribution in [0.2, 0.25) is 0 Å². The molecule has 4 rings (SSSR count). The quantitative estimate of drug-likeness (QED) is 0.616. The first-order chi connectivity index (χ1) is 17.1. The molecule has 8 heteroatoms. The van der Waals surface area contributed by atoms with E-state index in [-0.39, 0.29) is 30.0 Å². The van der Waals surface area contributed by atoms with E-state index in [9.17, 15) is 18.0 Å². The van der Waals surface area contributed by atoms with E-state index in [0.717, 1.165) is 37.9 Å². The van der Waals surface area contributed by atoms with Gasteiger partial charge in [0.15, 0.2) is 0 Å². The van der Waals surface area contributed by atoms with Crippen molar-refractivity contribution in [2.45, 2.75) is 50.8 Å². The molecule has 2 saturated heterocycles. The van der Waals surface area contributed by atoms with Gasteiger partial charge in [-0.25, -0.2) is 0 Å². The van der Waals surface area contributed by atoms with Crippen molar-refractivity contribution in [2.75, 3.05) is 40.4 Å². The molecule has 2 unspecified atom stereocenters. The summed E-state index contributed by atoms with van der Waals surface area (Å²) in [6, 6.07) is 12.5. The number of nitrogens with one attached hydrogen (secondary N) is 1. The van der Waals surface area contributed by atoms with Crippen LogP contribution in [-0.2, 0) is 15.1 Å². The van der Waals surface area contributed by atoms with Crippen LogP contribution in [-0.4, -0.2) is 57.4 Å². The smallest absolute Gasteiger partial charge is 0.430 e. The maximum absolute atomic E-state index is 14.7. The Kier molecular flexibility index (Phi) is 7.40. The first-order valence-electron chi connectivity index (χ1n) is 12.4. The molecule has 2 aromatic rings. The van der Waals surface area contributed by atoms with Crippen LogP contribution in [0.5, 0.6) is 5.75 Å². The van der Waals surface area contributed by atoms with E-state index in [4.69, 9.17) is 9.47 Å². The minimum atomic E-state index is -4.91. The van der Waals surface area contributed by atoms with Crippen LogP contribution in [0.4, 0.5) is 13.2 Å². The standard InChI is InChI=1S/C28H35F3N2O3/c1-19-15-20(2)17-21(16-19)27(36-4,28(29,30)31)25(34)33-13-10-26(11-14-33)9-12-32-18-23(26)22-7-5-6-8-24(22)35-3/h5-8,15-17,23,32H,9-14,18H2,1-4H3. The highest BCUT2D eigenvalue weighted by Crippen LogP contribution is 2.51. The molecule has 0 aliphatic carbocycles. The second kappa shape index (κ2) is 10.1. The number of nitrogens with zero attached hydrogens (tertiary/aromatic N) is 1. The fourth-order valence-electron chi connectivity index (χ4n) is 6.25. The fraction of sp³-hybridized carbons (Fsp3) is 0.536. The number of para-hydroxylation sites is 1. The van der Waals surface area contributed by atoms with Crippen molar-refractivity contribution in [3.8, 4) is 5.75 Å². The maximum Gasteiger partial charge on any atom is 0.430 e. The minimum Gasteiger partial charge on any atom is -0.496 e. The average molecular weight is 505 g/mol. The third kappa shape index (κ3) is 4.50. The molecule has 2 aromatic carbocycles. The van der Waals surface area contributed by atoms with Crippen LogP contribution in [0.25, 0.3) is 0 Å². The molecule has 0 saturated carbocycles. The van der Waals surface area contributed by atoms with Gasteiger partial charge >= 0.3 is 6.18 Å². The molecule has 0 aromatic heterocycles. The number of likely N-dealkylation sites (tertiary alicyclic amines) is 1. The summed E-state index contributed by atoms with van der Waals surface area (Å²) in [6.07, 6.45) is -2.78. The van der Waals surface area contributed by atoms with E-state index in [1.807, 2.05) is 18.2 Å². The third-order valence-corrected chi connectivity index (χ3v) is 8.08. The van der Waals surface area contributed by atoms with Crippen LogP contribution in [0.15, 0.2) is 42.5 Å². The normalized spacial score (nSPS) is 21.8. The summed E-state index contributed by atoms with van der Waals surface area (Å²) >= 11 is 0. The lowest BCUT2D eigenvalue weighted by Crippen LogP contribution is -2.60. The van der Waals surface area contributed by atoms with E-state index in [1.165, 1.54) is 17.0 Å². The van der Waals surface area contributed by atoms with Gasteiger partial charge in [-0.1, -0.05) is 47.5 Å². The fourth-order valence-corrected chi connectivity index (χ4v) is 6.25. The predicted octanol–water partition coefficient (Wildman–Crippen LogP) is 5.10. The molecule has 36 heavy (non-hydrogen) atoms. The molecule has 1 amide bonds. The van der Waals surface area contributed by atoms with Gasteiger partial charge in [0.25, 0.3) is 11.5 Å². The van der Waals surface area contributed by atoms with Crippen molar-refractivity contribution in [1.29, 1.82) is 0 Å². The number of alkyl halides is 3. The molecule has 2 aliphatic rings. The average Bonchev–Trinajstić information content (AvgIpc) is 2.84. The van der Waals surface area contributed by atoms with Gasteiger partial charge in [0.1, 0.15) is 5.75 Å². The number of benzene rings is 2. The van der Waals surface area contributed by atoms with Crippen molar-refractivity contribution in [3.05, 3.63) is 64.7 Å². The number of ether oxygens (including phenoxy) is 2. The number of halogens is 3. The molecule has 196 valence electrons. The minimum absolute atomic E-state index is 0.120. The summed E-state index contributed by atoms with van der Waals surface area (Å²) in [7, 11) is 2.62. The lowest BCUT2D eigenvalue weighted by Gasteiger charge is -2.51. The van der Waals surface area contributed by atoms with Crippen molar-refractivity contribution in [1.82, 2.24) is 10.2 Å². The lowest BCUT2D eigenvalue weighted by atomic mass is 9.62. The zero-order valence-electron chi connectivity index (χ0n) is 21.4. The topological polar surface area (TPSA) is 50.8 Å². The van der Waals surface area contributed by atoms with Gasteiger partial charge in [-0.3, -0.25) is 4.79 Å². The molecule has 2 atom stereocenters. The molecule has 0 bridgehead atoms. The van der Waals surface area contributed by atoms with E-state index in [0.29, 0.717) is 24.0 Å². The molecule has 5 nitrogen and oxygen atoms in total. The van der Waals surface area contributed by atoms with Crippen LogP contribution >= 0.6 is 0 Å². The molecule has 0 radical (unpaired) electrons. The molecule has 1 N–H and O–H groups in total. The molecule has 2 fully saturated rings. The Morgan fingerprint density at radius 2 is 1.67 bits per heavy atom. The Bertz CT molecular complexity index is 1080. The second-order valence-corrected chi connectivity index (χ2v) is 10.2. The van der Waals surface area contributed by atoms with Crippen molar-refractivity contribution >= 4 is 5.91 Å². The maximum atomic E-state index is 14.7. The summed E-state index contributed by atoms with van der Waals surface area (Å²) in [5, 5.41) is 3.47. The van der Waals surface area contributed by atoms with E-state index >= 15 is 0 Å². The first-order valence-corrected chi connectivity index (χ1v) is 12.4. The SMILES string of the molecule is COc1ccccc1C1CNCCC12CCN(C(=O)C(OC)(c1cc(C)cc(C)c1)C(F)(F)F)CC2. The van der Waals surface area contributed by atoms with E-state index < -0.39 is 17.7 Å². The summed E-state index contributed by atoms with van der Waals surface area (Å²) in [4.78, 5) is 15.0. The van der Waals surface area contributed by atoms with Gasteiger partial charge in [0, 0.05) is 38.2 Å². The van der Waals surface area contributed by atoms with Crippen LogP contribution in [0.1, 0.15) is 47.4 Å². The molecule has 2 aliphatic heterocycles. The summed E-state index contributed by atoms with van der Waals surface area (Å²) in [5.41, 5.74) is -0.932. The highest BCUT2D eigenvalue weighted by atomic mass is 19.4. The molecular weight excluding hydrogens is 469 g/mol. The van der Waals surface area contributed by atoms with Gasteiger partial charge in [0.2, 0.25) is 0 Å². The lowest BCUT2D eigenvalue weighted by molar-refractivity contribution is -0.271. The zero-order valence-corrected chi connectivity index (χ0v) is 21.4. The van der Waals surface area contributed by atoms with Gasteiger partial charge in [-0.15, -0.1) is 0 Å². The number of carbonyl (C=O) groups excluding carboxylic acids is 1. The summed E-state index contributed by atoms with van der Waals surface area (Å²) < 4.78 is 54.7. The summed E-state index contributed by atoms with van der Waals surface area (Å²) in [6.45, 7) is 5.54. The Labute approximate surface area is 211 Å².